The van der Waals surface area contributed by atoms with Crippen LogP contribution in [0.25, 0.3) is 0 Å². The molecule has 0 bridgehead atoms. The number of hydrogen-bond acceptors (Lipinski definition) is 6. The zero-order valence-corrected chi connectivity index (χ0v) is 15.2. The van der Waals surface area contributed by atoms with Crippen molar-refractivity contribution in [3.05, 3.63) is 40.3 Å². The maximum absolute atomic E-state index is 11.8. The molecule has 5 nitrogen and oxygen atoms in total. The smallest absolute Gasteiger partial charge is 0.264 e. The Kier molecular flexibility index (Phi) is 6.69. The number of rotatable bonds is 7. The minimum atomic E-state index is -0.307. The van der Waals surface area contributed by atoms with Crippen LogP contribution in [0.1, 0.15) is 0 Å². The number of aromatic nitrogens is 2. The van der Waals surface area contributed by atoms with E-state index in [0.29, 0.717) is 20.4 Å². The lowest BCUT2D eigenvalue weighted by atomic mass is 10.3. The van der Waals surface area contributed by atoms with Crippen molar-refractivity contribution in [2.24, 2.45) is 0 Å². The van der Waals surface area contributed by atoms with Crippen LogP contribution in [0.3, 0.4) is 0 Å². The van der Waals surface area contributed by atoms with Crippen LogP contribution in [0, 0.1) is 0 Å². The topological polar surface area (TPSA) is 64.1 Å². The van der Waals surface area contributed by atoms with E-state index in [4.69, 9.17) is 16.3 Å². The zero-order chi connectivity index (χ0) is 15.9. The van der Waals surface area contributed by atoms with Gasteiger partial charge in [0.15, 0.2) is 10.9 Å². The summed E-state index contributed by atoms with van der Waals surface area (Å²) in [5.74, 6) is 0.980. The highest BCUT2D eigenvalue weighted by molar-refractivity contribution is 9.10. The second kappa shape index (κ2) is 8.52. The summed E-state index contributed by atoms with van der Waals surface area (Å²) >= 11 is 12.0. The lowest BCUT2D eigenvalue weighted by Gasteiger charge is -2.07. The monoisotopic (exact) mass is 419 g/mol. The minimum Gasteiger partial charge on any atom is -0.483 e. The predicted octanol–water partition coefficient (Wildman–Crippen LogP) is 4.25. The number of amides is 1. The number of ether oxygens (including phenoxy) is 1. The summed E-state index contributed by atoms with van der Waals surface area (Å²) in [5, 5.41) is 11.5. The fourth-order valence-electron chi connectivity index (χ4n) is 1.34. The standard InChI is InChI=1S/C13H11BrClN3O2S2/c1-2-5-21-13-18-17-12(22-13)16-11(19)7-20-10-4-3-8(15)6-9(10)14/h2-4,6H,1,5,7H2,(H,16,17,19). The van der Waals surface area contributed by atoms with Crippen LogP contribution < -0.4 is 10.1 Å². The summed E-state index contributed by atoms with van der Waals surface area (Å²) in [6.45, 7) is 3.50. The van der Waals surface area contributed by atoms with Crippen molar-refractivity contribution in [1.29, 1.82) is 0 Å². The molecular weight excluding hydrogens is 410 g/mol. The summed E-state index contributed by atoms with van der Waals surface area (Å²) in [6.07, 6.45) is 1.78. The Balaban J connectivity index is 1.85. The van der Waals surface area contributed by atoms with E-state index in [1.165, 1.54) is 23.1 Å². The molecule has 0 saturated carbocycles. The van der Waals surface area contributed by atoms with Gasteiger partial charge in [0.2, 0.25) is 5.13 Å². The molecule has 0 unspecified atom stereocenters. The number of hydrogen-bond donors (Lipinski definition) is 1. The molecule has 0 radical (unpaired) electrons. The Morgan fingerprint density at radius 2 is 2.36 bits per heavy atom. The highest BCUT2D eigenvalue weighted by Crippen LogP contribution is 2.28. The van der Waals surface area contributed by atoms with Crippen LogP contribution in [0.4, 0.5) is 5.13 Å². The van der Waals surface area contributed by atoms with E-state index in [2.05, 4.69) is 38.0 Å². The van der Waals surface area contributed by atoms with Gasteiger partial charge in [-0.3, -0.25) is 10.1 Å². The van der Waals surface area contributed by atoms with Gasteiger partial charge in [-0.25, -0.2) is 0 Å². The normalized spacial score (nSPS) is 10.3. The van der Waals surface area contributed by atoms with Crippen molar-refractivity contribution in [2.45, 2.75) is 4.34 Å². The van der Waals surface area contributed by atoms with Crippen molar-refractivity contribution in [3.8, 4) is 5.75 Å². The van der Waals surface area contributed by atoms with Gasteiger partial charge in [0.05, 0.1) is 4.47 Å². The molecule has 2 rings (SSSR count). The number of nitrogens with zero attached hydrogens (tertiary/aromatic N) is 2. The predicted molar refractivity (Wildman–Crippen MR) is 94.1 cm³/mol. The number of thioether (sulfide) groups is 1. The van der Waals surface area contributed by atoms with Gasteiger partial charge in [0, 0.05) is 10.8 Å². The van der Waals surface area contributed by atoms with Crippen LogP contribution in [-0.2, 0) is 4.79 Å². The molecule has 0 aliphatic rings. The van der Waals surface area contributed by atoms with E-state index < -0.39 is 0 Å². The van der Waals surface area contributed by atoms with E-state index in [1.54, 1.807) is 24.3 Å². The van der Waals surface area contributed by atoms with Crippen molar-refractivity contribution in [3.63, 3.8) is 0 Å². The Hall–Kier alpha value is -1.09. The van der Waals surface area contributed by atoms with Crippen molar-refractivity contribution >= 4 is 61.7 Å². The van der Waals surface area contributed by atoms with E-state index >= 15 is 0 Å². The number of nitrogens with one attached hydrogen (secondary N) is 1. The van der Waals surface area contributed by atoms with Crippen LogP contribution in [-0.4, -0.2) is 28.5 Å². The Morgan fingerprint density at radius 3 is 3.09 bits per heavy atom. The van der Waals surface area contributed by atoms with Crippen LogP contribution in [0.5, 0.6) is 5.75 Å². The van der Waals surface area contributed by atoms with Crippen molar-refractivity contribution in [1.82, 2.24) is 10.2 Å². The SMILES string of the molecule is C=CCSc1nnc(NC(=O)COc2ccc(Cl)cc2Br)s1. The Morgan fingerprint density at radius 1 is 1.55 bits per heavy atom. The third-order valence-electron chi connectivity index (χ3n) is 2.23. The van der Waals surface area contributed by atoms with Gasteiger partial charge in [-0.2, -0.15) is 0 Å². The van der Waals surface area contributed by atoms with Gasteiger partial charge >= 0.3 is 0 Å². The second-order valence-electron chi connectivity index (χ2n) is 3.88. The fraction of sp³-hybridized carbons (Fsp3) is 0.154. The first kappa shape index (κ1) is 17.3. The maximum Gasteiger partial charge on any atom is 0.264 e. The lowest BCUT2D eigenvalue weighted by Crippen LogP contribution is -2.20. The fourth-order valence-corrected chi connectivity index (χ4v) is 3.67. The van der Waals surface area contributed by atoms with E-state index in [9.17, 15) is 4.79 Å². The Labute approximate surface area is 149 Å². The molecule has 1 amide bonds. The molecule has 0 saturated heterocycles. The molecule has 0 aliphatic carbocycles. The van der Waals surface area contributed by atoms with Gasteiger partial charge < -0.3 is 4.74 Å². The number of benzene rings is 1. The molecule has 1 N–H and O–H groups in total. The second-order valence-corrected chi connectivity index (χ2v) is 7.42. The van der Waals surface area contributed by atoms with Gasteiger partial charge in [-0.15, -0.1) is 16.8 Å². The van der Waals surface area contributed by atoms with E-state index in [-0.39, 0.29) is 12.5 Å². The molecule has 1 aromatic heterocycles. The van der Waals surface area contributed by atoms with Crippen molar-refractivity contribution < 1.29 is 9.53 Å². The minimum absolute atomic E-state index is 0.130. The molecule has 1 aromatic carbocycles. The summed E-state index contributed by atoms with van der Waals surface area (Å²) in [7, 11) is 0. The van der Waals surface area contributed by atoms with Crippen LogP contribution in [0.15, 0.2) is 39.7 Å². The molecule has 2 aromatic rings. The molecule has 0 aliphatic heterocycles. The summed E-state index contributed by atoms with van der Waals surface area (Å²) in [4.78, 5) is 11.8. The third-order valence-corrected chi connectivity index (χ3v) is 5.05. The quantitative estimate of drug-likeness (QED) is 0.412. The number of anilines is 1. The van der Waals surface area contributed by atoms with Crippen LogP contribution >= 0.6 is 50.6 Å². The first-order valence-corrected chi connectivity index (χ1v) is 9.00. The number of carbonyl (C=O) groups is 1. The molecule has 9 heteroatoms. The summed E-state index contributed by atoms with van der Waals surface area (Å²) in [5.41, 5.74) is 0. The van der Waals surface area contributed by atoms with Crippen LogP contribution in [0.2, 0.25) is 5.02 Å². The largest absolute Gasteiger partial charge is 0.483 e. The van der Waals surface area contributed by atoms with Gasteiger partial charge in [-0.05, 0) is 34.1 Å². The van der Waals surface area contributed by atoms with Gasteiger partial charge in [0.1, 0.15) is 5.75 Å². The zero-order valence-electron chi connectivity index (χ0n) is 11.2. The van der Waals surface area contributed by atoms with Crippen molar-refractivity contribution in [2.75, 3.05) is 17.7 Å². The first-order valence-electron chi connectivity index (χ1n) is 6.03. The molecule has 0 atom stereocenters. The van der Waals surface area contributed by atoms with Gasteiger partial charge in [-0.1, -0.05) is 40.8 Å². The molecule has 116 valence electrons. The number of carbonyl (C=O) groups excluding carboxylic acids is 1. The molecule has 22 heavy (non-hydrogen) atoms. The molecule has 0 fully saturated rings. The van der Waals surface area contributed by atoms with Gasteiger partial charge in [0.25, 0.3) is 5.91 Å². The third kappa shape index (κ3) is 5.28. The summed E-state index contributed by atoms with van der Waals surface area (Å²) in [6, 6.07) is 5.07. The highest BCUT2D eigenvalue weighted by atomic mass is 79.9. The maximum atomic E-state index is 11.8. The summed E-state index contributed by atoms with van der Waals surface area (Å²) < 4.78 is 6.88. The number of halogens is 2. The molecule has 1 heterocycles. The first-order chi connectivity index (χ1) is 10.6. The average molecular weight is 421 g/mol. The molecule has 0 spiro atoms. The lowest BCUT2D eigenvalue weighted by molar-refractivity contribution is -0.118. The Bertz CT molecular complexity index is 681. The molecular formula is C13H11BrClN3O2S2. The average Bonchev–Trinajstić information content (AvgIpc) is 2.91. The van der Waals surface area contributed by atoms with E-state index in [1.807, 2.05) is 0 Å². The van der Waals surface area contributed by atoms with E-state index in [0.717, 1.165) is 10.1 Å². The highest BCUT2D eigenvalue weighted by Gasteiger charge is 2.10.